The standard InChI is InChI=1S/C6H9ClO/c1-4-2-5(4)6(8)3-7/h4-5H,2-3H2,1H3/t4-,5+/m0/s1. The smallest absolute Gasteiger partial charge is 0.150 e. The van der Waals surface area contributed by atoms with E-state index in [1.165, 1.54) is 0 Å². The third-order valence-electron chi connectivity index (χ3n) is 1.65. The predicted molar refractivity (Wildman–Crippen MR) is 33.0 cm³/mol. The van der Waals surface area contributed by atoms with Crippen LogP contribution in [0, 0.1) is 11.8 Å². The minimum atomic E-state index is 0.203. The van der Waals surface area contributed by atoms with Gasteiger partial charge in [-0.05, 0) is 12.3 Å². The zero-order valence-corrected chi connectivity index (χ0v) is 5.61. The molecule has 0 bridgehead atoms. The van der Waals surface area contributed by atoms with Crippen LogP contribution < -0.4 is 0 Å². The molecule has 0 radical (unpaired) electrons. The first-order valence-electron chi connectivity index (χ1n) is 2.84. The lowest BCUT2D eigenvalue weighted by molar-refractivity contribution is -0.118. The summed E-state index contributed by atoms with van der Waals surface area (Å²) in [6.07, 6.45) is 1.06. The molecule has 8 heavy (non-hydrogen) atoms. The molecule has 1 aliphatic rings. The van der Waals surface area contributed by atoms with Crippen molar-refractivity contribution < 1.29 is 4.79 Å². The molecule has 0 aromatic heterocycles. The number of alkyl halides is 1. The summed E-state index contributed by atoms with van der Waals surface area (Å²) in [4.78, 5) is 10.7. The number of hydrogen-bond acceptors (Lipinski definition) is 1. The fourth-order valence-electron chi connectivity index (χ4n) is 0.870. The first-order valence-corrected chi connectivity index (χ1v) is 3.38. The molecule has 0 aromatic rings. The van der Waals surface area contributed by atoms with Crippen molar-refractivity contribution in [1.82, 2.24) is 0 Å². The third kappa shape index (κ3) is 1.03. The summed E-state index contributed by atoms with van der Waals surface area (Å²) in [7, 11) is 0. The van der Waals surface area contributed by atoms with Crippen LogP contribution in [0.3, 0.4) is 0 Å². The Labute approximate surface area is 54.0 Å². The molecule has 0 N–H and O–H groups in total. The molecular weight excluding hydrogens is 124 g/mol. The Morgan fingerprint density at radius 1 is 1.88 bits per heavy atom. The van der Waals surface area contributed by atoms with Crippen LogP contribution in [0.5, 0.6) is 0 Å². The van der Waals surface area contributed by atoms with Crippen molar-refractivity contribution in [3.63, 3.8) is 0 Å². The zero-order chi connectivity index (χ0) is 6.15. The van der Waals surface area contributed by atoms with Gasteiger partial charge in [-0.15, -0.1) is 11.6 Å². The zero-order valence-electron chi connectivity index (χ0n) is 4.86. The molecule has 1 saturated carbocycles. The second-order valence-electron chi connectivity index (χ2n) is 2.42. The first kappa shape index (κ1) is 6.09. The van der Waals surface area contributed by atoms with Gasteiger partial charge in [0.05, 0.1) is 5.88 Å². The van der Waals surface area contributed by atoms with Crippen LogP contribution in [0.25, 0.3) is 0 Å². The normalized spacial score (nSPS) is 34.8. The lowest BCUT2D eigenvalue weighted by atomic mass is 10.2. The van der Waals surface area contributed by atoms with Crippen molar-refractivity contribution in [3.05, 3.63) is 0 Å². The highest BCUT2D eigenvalue weighted by molar-refractivity contribution is 6.28. The average Bonchev–Trinajstić information content (AvgIpc) is 2.45. The second kappa shape index (κ2) is 2.06. The maximum Gasteiger partial charge on any atom is 0.150 e. The maximum absolute atomic E-state index is 10.7. The number of hydrogen-bond donors (Lipinski definition) is 0. The van der Waals surface area contributed by atoms with Gasteiger partial charge < -0.3 is 0 Å². The molecule has 46 valence electrons. The van der Waals surface area contributed by atoms with Gasteiger partial charge in [0.1, 0.15) is 0 Å². The molecule has 1 rings (SSSR count). The quantitative estimate of drug-likeness (QED) is 0.520. The van der Waals surface area contributed by atoms with Crippen LogP contribution in [-0.2, 0) is 4.79 Å². The van der Waals surface area contributed by atoms with Gasteiger partial charge in [-0.2, -0.15) is 0 Å². The van der Waals surface area contributed by atoms with Gasteiger partial charge in [0.25, 0.3) is 0 Å². The van der Waals surface area contributed by atoms with Gasteiger partial charge in [-0.3, -0.25) is 4.79 Å². The number of ketones is 1. The van der Waals surface area contributed by atoms with Crippen molar-refractivity contribution >= 4 is 17.4 Å². The van der Waals surface area contributed by atoms with Gasteiger partial charge in [-0.1, -0.05) is 6.92 Å². The number of carbonyl (C=O) groups is 1. The Morgan fingerprint density at radius 2 is 2.38 bits per heavy atom. The minimum absolute atomic E-state index is 0.203. The van der Waals surface area contributed by atoms with Crippen molar-refractivity contribution in [3.8, 4) is 0 Å². The summed E-state index contributed by atoms with van der Waals surface area (Å²) in [5, 5.41) is 0. The van der Waals surface area contributed by atoms with E-state index >= 15 is 0 Å². The molecule has 2 atom stereocenters. The van der Waals surface area contributed by atoms with Gasteiger partial charge in [0.15, 0.2) is 5.78 Å². The summed E-state index contributed by atoms with van der Waals surface area (Å²) >= 11 is 5.30. The van der Waals surface area contributed by atoms with Crippen LogP contribution in [0.1, 0.15) is 13.3 Å². The fraction of sp³-hybridized carbons (Fsp3) is 0.833. The minimum Gasteiger partial charge on any atom is -0.298 e. The Bertz CT molecular complexity index is 111. The fourth-order valence-corrected chi connectivity index (χ4v) is 1.07. The Morgan fingerprint density at radius 3 is 2.50 bits per heavy atom. The van der Waals surface area contributed by atoms with E-state index in [1.807, 2.05) is 0 Å². The molecule has 1 nitrogen and oxygen atoms in total. The first-order chi connectivity index (χ1) is 3.75. The van der Waals surface area contributed by atoms with Crippen molar-refractivity contribution in [2.45, 2.75) is 13.3 Å². The van der Waals surface area contributed by atoms with Crippen molar-refractivity contribution in [1.29, 1.82) is 0 Å². The third-order valence-corrected chi connectivity index (χ3v) is 1.92. The van der Waals surface area contributed by atoms with Crippen LogP contribution in [0.4, 0.5) is 0 Å². The summed E-state index contributed by atoms with van der Waals surface area (Å²) in [6.45, 7) is 2.08. The number of carbonyl (C=O) groups excluding carboxylic acids is 1. The highest BCUT2D eigenvalue weighted by Crippen LogP contribution is 2.38. The van der Waals surface area contributed by atoms with Crippen LogP contribution in [0.15, 0.2) is 0 Å². The molecule has 0 aliphatic heterocycles. The molecule has 0 saturated heterocycles. The molecule has 1 fully saturated rings. The molecular formula is C6H9ClO. The van der Waals surface area contributed by atoms with Crippen LogP contribution in [-0.4, -0.2) is 11.7 Å². The Balaban J connectivity index is 2.28. The molecule has 0 unspecified atom stereocenters. The lowest BCUT2D eigenvalue weighted by Gasteiger charge is -1.86. The average molecular weight is 133 g/mol. The molecule has 1 aliphatic carbocycles. The van der Waals surface area contributed by atoms with Gasteiger partial charge in [0.2, 0.25) is 0 Å². The van der Waals surface area contributed by atoms with Crippen LogP contribution >= 0.6 is 11.6 Å². The monoisotopic (exact) mass is 132 g/mol. The molecule has 0 heterocycles. The summed E-state index contributed by atoms with van der Waals surface area (Å²) in [5.74, 6) is 1.35. The summed E-state index contributed by atoms with van der Waals surface area (Å²) in [5.41, 5.74) is 0. The molecule has 2 heteroatoms. The van der Waals surface area contributed by atoms with E-state index in [0.29, 0.717) is 11.8 Å². The summed E-state index contributed by atoms with van der Waals surface area (Å²) in [6, 6.07) is 0. The van der Waals surface area contributed by atoms with E-state index in [9.17, 15) is 4.79 Å². The Hall–Kier alpha value is -0.0400. The molecule has 0 aromatic carbocycles. The topological polar surface area (TPSA) is 17.1 Å². The van der Waals surface area contributed by atoms with Crippen molar-refractivity contribution in [2.24, 2.45) is 11.8 Å². The van der Waals surface area contributed by atoms with E-state index in [4.69, 9.17) is 11.6 Å². The Kier molecular flexibility index (Phi) is 1.57. The highest BCUT2D eigenvalue weighted by atomic mass is 35.5. The van der Waals surface area contributed by atoms with E-state index in [0.717, 1.165) is 6.42 Å². The SMILES string of the molecule is C[C@H]1C[C@H]1C(=O)CCl. The van der Waals surface area contributed by atoms with E-state index < -0.39 is 0 Å². The number of Topliss-reactive ketones (excluding diaryl/α,β-unsaturated/α-hetero) is 1. The lowest BCUT2D eigenvalue weighted by Crippen LogP contribution is -2.01. The van der Waals surface area contributed by atoms with Gasteiger partial charge in [0, 0.05) is 5.92 Å². The number of rotatable bonds is 2. The van der Waals surface area contributed by atoms with Gasteiger partial charge >= 0.3 is 0 Å². The maximum atomic E-state index is 10.7. The largest absolute Gasteiger partial charge is 0.298 e. The summed E-state index contributed by atoms with van der Waals surface area (Å²) < 4.78 is 0. The van der Waals surface area contributed by atoms with Crippen molar-refractivity contribution in [2.75, 3.05) is 5.88 Å². The van der Waals surface area contributed by atoms with Gasteiger partial charge in [-0.25, -0.2) is 0 Å². The van der Waals surface area contributed by atoms with E-state index in [1.54, 1.807) is 0 Å². The number of halogens is 1. The second-order valence-corrected chi connectivity index (χ2v) is 2.69. The van der Waals surface area contributed by atoms with Crippen LogP contribution in [0.2, 0.25) is 0 Å². The predicted octanol–water partition coefficient (Wildman–Crippen LogP) is 1.45. The van der Waals surface area contributed by atoms with E-state index in [2.05, 4.69) is 6.92 Å². The van der Waals surface area contributed by atoms with E-state index in [-0.39, 0.29) is 11.7 Å². The molecule has 0 spiro atoms. The molecule has 0 amide bonds. The highest BCUT2D eigenvalue weighted by Gasteiger charge is 2.37.